The van der Waals surface area contributed by atoms with Gasteiger partial charge in [-0.25, -0.2) is 4.79 Å². The quantitative estimate of drug-likeness (QED) is 0.408. The molecule has 0 atom stereocenters. The molecule has 0 fully saturated rings. The molecule has 5 rings (SSSR count). The van der Waals surface area contributed by atoms with Crippen LogP contribution in [0.15, 0.2) is 82.4 Å². The zero-order valence-corrected chi connectivity index (χ0v) is 17.8. The number of fused-ring (bicyclic) bond motifs is 2. The highest BCUT2D eigenvalue weighted by atomic mass is 35.5. The highest BCUT2D eigenvalue weighted by Gasteiger charge is 2.18. The fraction of sp³-hybridized carbons (Fsp3) is 0.0400. The summed E-state index contributed by atoms with van der Waals surface area (Å²) in [7, 11) is 0. The average molecular weight is 455 g/mol. The Kier molecular flexibility index (Phi) is 5.13. The molecule has 8 heteroatoms. The highest BCUT2D eigenvalue weighted by molar-refractivity contribution is 6.30. The third-order valence-corrected chi connectivity index (χ3v) is 5.45. The molecule has 0 aliphatic carbocycles. The summed E-state index contributed by atoms with van der Waals surface area (Å²) in [6.45, 7) is 0.353. The van der Waals surface area contributed by atoms with E-state index in [1.165, 1.54) is 0 Å². The van der Waals surface area contributed by atoms with Crippen LogP contribution in [-0.4, -0.2) is 14.5 Å². The smallest absolute Gasteiger partial charge is 0.349 e. The number of pyridine rings is 1. The van der Waals surface area contributed by atoms with E-state index in [9.17, 15) is 14.9 Å². The Morgan fingerprint density at radius 3 is 2.61 bits per heavy atom. The van der Waals surface area contributed by atoms with Crippen LogP contribution in [0, 0.1) is 11.3 Å². The number of nitrogens with one attached hydrogen (secondary N) is 1. The number of nitrogens with zero attached hydrogens (tertiary/aromatic N) is 3. The van der Waals surface area contributed by atoms with Gasteiger partial charge in [0.05, 0.1) is 22.7 Å². The van der Waals surface area contributed by atoms with Crippen molar-refractivity contribution in [1.29, 1.82) is 5.26 Å². The lowest BCUT2D eigenvalue weighted by molar-refractivity contribution is 0.306. The van der Waals surface area contributed by atoms with Crippen molar-refractivity contribution in [2.45, 2.75) is 6.61 Å². The topological polar surface area (TPSA) is 101 Å². The van der Waals surface area contributed by atoms with Gasteiger partial charge in [0, 0.05) is 10.7 Å². The predicted molar refractivity (Wildman–Crippen MR) is 125 cm³/mol. The van der Waals surface area contributed by atoms with Gasteiger partial charge >= 0.3 is 5.69 Å². The van der Waals surface area contributed by atoms with E-state index in [-0.39, 0.29) is 11.4 Å². The molecule has 2 aliphatic heterocycles. The fourth-order valence-electron chi connectivity index (χ4n) is 3.70. The minimum Gasteiger partial charge on any atom is -0.489 e. The molecule has 0 unspecified atom stereocenters. The molecular formula is C25H15ClN4O3. The second-order valence-electron chi connectivity index (χ2n) is 7.39. The van der Waals surface area contributed by atoms with E-state index in [4.69, 9.17) is 16.3 Å². The second-order valence-corrected chi connectivity index (χ2v) is 7.82. The Morgan fingerprint density at radius 2 is 1.85 bits per heavy atom. The van der Waals surface area contributed by atoms with E-state index in [0.29, 0.717) is 34.1 Å². The van der Waals surface area contributed by atoms with Gasteiger partial charge < -0.3 is 4.74 Å². The number of benzene rings is 3. The Morgan fingerprint density at radius 1 is 1.03 bits per heavy atom. The minimum atomic E-state index is -0.737. The standard InChI is InChI=1S/C25H15ClN4O3/c26-18-3-1-2-16(10-18)14-33-20-8-6-19(7-9-20)30-22-11-15(13-27)4-5-17(22)12-21-23(30)28-25(32)29-24(21)31/h1-12H,14H2,(H,29,31,32). The van der Waals surface area contributed by atoms with Crippen molar-refractivity contribution in [1.82, 2.24) is 14.5 Å². The van der Waals surface area contributed by atoms with Crippen LogP contribution in [0.4, 0.5) is 0 Å². The van der Waals surface area contributed by atoms with E-state index in [1.54, 1.807) is 59.2 Å². The summed E-state index contributed by atoms with van der Waals surface area (Å²) in [6.07, 6.45) is 0. The van der Waals surface area contributed by atoms with Gasteiger partial charge in [0.15, 0.2) is 5.82 Å². The predicted octanol–water partition coefficient (Wildman–Crippen LogP) is 4.28. The number of rotatable bonds is 4. The van der Waals surface area contributed by atoms with Crippen molar-refractivity contribution in [2.24, 2.45) is 0 Å². The van der Waals surface area contributed by atoms with Crippen LogP contribution in [-0.2, 0) is 6.61 Å². The van der Waals surface area contributed by atoms with Gasteiger partial charge in [-0.3, -0.25) is 14.3 Å². The van der Waals surface area contributed by atoms with E-state index >= 15 is 0 Å². The first-order valence-corrected chi connectivity index (χ1v) is 10.4. The first kappa shape index (κ1) is 20.5. The Hall–Kier alpha value is -4.41. The Balaban J connectivity index is 1.61. The molecule has 0 bridgehead atoms. The molecule has 0 radical (unpaired) electrons. The van der Waals surface area contributed by atoms with Crippen molar-refractivity contribution in [3.05, 3.63) is 110 Å². The molecule has 1 N–H and O–H groups in total. The van der Waals surface area contributed by atoms with Gasteiger partial charge in [-0.15, -0.1) is 0 Å². The summed E-state index contributed by atoms with van der Waals surface area (Å²) in [5, 5.41) is 10.7. The van der Waals surface area contributed by atoms with Crippen molar-refractivity contribution in [3.8, 4) is 28.9 Å². The van der Waals surface area contributed by atoms with Gasteiger partial charge in [0.2, 0.25) is 0 Å². The Labute approximate surface area is 192 Å². The van der Waals surface area contributed by atoms with Crippen LogP contribution in [0.3, 0.4) is 0 Å². The molecular weight excluding hydrogens is 440 g/mol. The van der Waals surface area contributed by atoms with Crippen molar-refractivity contribution >= 4 is 22.5 Å². The lowest BCUT2D eigenvalue weighted by Crippen LogP contribution is -2.27. The molecule has 2 aliphatic rings. The summed E-state index contributed by atoms with van der Waals surface area (Å²) in [6, 6.07) is 23.5. The van der Waals surface area contributed by atoms with Gasteiger partial charge in [0.1, 0.15) is 12.4 Å². The first-order valence-electron chi connectivity index (χ1n) is 9.99. The number of hydrogen-bond acceptors (Lipinski definition) is 5. The zero-order chi connectivity index (χ0) is 22.9. The van der Waals surface area contributed by atoms with Crippen LogP contribution < -0.4 is 16.0 Å². The molecule has 0 spiro atoms. The van der Waals surface area contributed by atoms with E-state index in [1.807, 2.05) is 18.2 Å². The van der Waals surface area contributed by atoms with Crippen LogP contribution in [0.1, 0.15) is 11.1 Å². The van der Waals surface area contributed by atoms with Crippen LogP contribution in [0.5, 0.6) is 5.75 Å². The largest absolute Gasteiger partial charge is 0.489 e. The molecule has 0 saturated heterocycles. The monoisotopic (exact) mass is 454 g/mol. The third-order valence-electron chi connectivity index (χ3n) is 5.21. The number of H-pyrrole nitrogens is 1. The molecule has 0 aromatic heterocycles. The maximum Gasteiger partial charge on any atom is 0.349 e. The van der Waals surface area contributed by atoms with E-state index in [0.717, 1.165) is 10.9 Å². The number of ether oxygens (including phenoxy) is 1. The SMILES string of the molecule is N#Cc1ccc2cc3c(=O)[nH]c(=O)nc-3n(-c3ccc(OCc4cccc(Cl)c4)cc3)c2c1. The van der Waals surface area contributed by atoms with Crippen LogP contribution >= 0.6 is 11.6 Å². The number of hydrogen-bond donors (Lipinski definition) is 1. The molecule has 0 saturated carbocycles. The molecule has 7 nitrogen and oxygen atoms in total. The first-order chi connectivity index (χ1) is 16.0. The summed E-state index contributed by atoms with van der Waals surface area (Å²) in [4.78, 5) is 30.7. The number of halogens is 1. The Bertz CT molecular complexity index is 1630. The fourth-order valence-corrected chi connectivity index (χ4v) is 3.91. The maximum absolute atomic E-state index is 12.5. The zero-order valence-electron chi connectivity index (χ0n) is 17.1. The molecule has 0 amide bonds. The van der Waals surface area contributed by atoms with Crippen LogP contribution in [0.2, 0.25) is 5.02 Å². The summed E-state index contributed by atoms with van der Waals surface area (Å²) < 4.78 is 7.55. The molecule has 33 heavy (non-hydrogen) atoms. The lowest BCUT2D eigenvalue weighted by atomic mass is 10.1. The summed E-state index contributed by atoms with van der Waals surface area (Å²) >= 11 is 6.02. The molecule has 3 aromatic rings. The summed E-state index contributed by atoms with van der Waals surface area (Å²) in [5.74, 6) is 0.843. The van der Waals surface area contributed by atoms with Gasteiger partial charge in [-0.1, -0.05) is 29.8 Å². The van der Waals surface area contributed by atoms with Crippen molar-refractivity contribution in [3.63, 3.8) is 0 Å². The third kappa shape index (κ3) is 3.95. The van der Waals surface area contributed by atoms with Crippen molar-refractivity contribution in [2.75, 3.05) is 0 Å². The molecule has 3 aromatic carbocycles. The normalized spacial score (nSPS) is 10.9. The second kappa shape index (κ2) is 8.26. The van der Waals surface area contributed by atoms with Gasteiger partial charge in [-0.05, 0) is 65.5 Å². The van der Waals surface area contributed by atoms with Gasteiger partial charge in [-0.2, -0.15) is 10.2 Å². The summed E-state index contributed by atoms with van der Waals surface area (Å²) in [5.41, 5.74) is 1.71. The highest BCUT2D eigenvalue weighted by Crippen LogP contribution is 2.29. The minimum absolute atomic E-state index is 0.207. The molecule has 160 valence electrons. The number of aromatic nitrogens is 3. The van der Waals surface area contributed by atoms with E-state index in [2.05, 4.69) is 16.0 Å². The lowest BCUT2D eigenvalue weighted by Gasteiger charge is -2.18. The maximum atomic E-state index is 12.5. The van der Waals surface area contributed by atoms with E-state index < -0.39 is 11.2 Å². The van der Waals surface area contributed by atoms with Crippen molar-refractivity contribution < 1.29 is 4.74 Å². The van der Waals surface area contributed by atoms with Crippen LogP contribution in [0.25, 0.3) is 28.0 Å². The molecule has 2 heterocycles. The van der Waals surface area contributed by atoms with Gasteiger partial charge in [0.25, 0.3) is 5.56 Å². The number of aromatic amines is 1. The number of nitriles is 1. The average Bonchev–Trinajstić information content (AvgIpc) is 2.82.